The van der Waals surface area contributed by atoms with Gasteiger partial charge in [0.15, 0.2) is 0 Å². The van der Waals surface area contributed by atoms with Crippen molar-refractivity contribution in [3.8, 4) is 0 Å². The number of aryl methyl sites for hydroxylation is 1. The lowest BCUT2D eigenvalue weighted by molar-refractivity contribution is 0.0524. The molecular weight excluding hydrogens is 242 g/mol. The minimum atomic E-state index is -0.368. The molecule has 0 aromatic carbocycles. The van der Waals surface area contributed by atoms with Gasteiger partial charge in [0, 0.05) is 12.2 Å². The van der Waals surface area contributed by atoms with E-state index in [1.807, 2.05) is 0 Å². The van der Waals surface area contributed by atoms with Gasteiger partial charge in [-0.15, -0.1) is 0 Å². The summed E-state index contributed by atoms with van der Waals surface area (Å²) in [4.78, 5) is 20.1. The van der Waals surface area contributed by atoms with Crippen molar-refractivity contribution in [2.75, 3.05) is 11.9 Å². The Balaban J connectivity index is 2.78. The lowest BCUT2D eigenvalue weighted by Gasteiger charge is -2.16. The second-order valence-electron chi connectivity index (χ2n) is 4.45. The number of esters is 1. The fourth-order valence-electron chi connectivity index (χ4n) is 1.86. The van der Waals surface area contributed by atoms with Crippen molar-refractivity contribution >= 4 is 11.9 Å². The van der Waals surface area contributed by atoms with E-state index >= 15 is 0 Å². The van der Waals surface area contributed by atoms with E-state index in [1.165, 1.54) is 6.20 Å². The first-order valence-electron chi connectivity index (χ1n) is 6.89. The van der Waals surface area contributed by atoms with Crippen molar-refractivity contribution in [1.82, 2.24) is 9.97 Å². The van der Waals surface area contributed by atoms with Gasteiger partial charge < -0.3 is 10.1 Å². The summed E-state index contributed by atoms with van der Waals surface area (Å²) in [5, 5.41) is 3.29. The van der Waals surface area contributed by atoms with E-state index in [9.17, 15) is 4.79 Å². The van der Waals surface area contributed by atoms with Crippen LogP contribution in [0.1, 0.15) is 56.1 Å². The highest BCUT2D eigenvalue weighted by molar-refractivity contribution is 5.90. The summed E-state index contributed by atoms with van der Waals surface area (Å²) in [6, 6.07) is 0.373. The number of carbonyl (C=O) groups is 1. The first-order valence-corrected chi connectivity index (χ1v) is 6.89. The number of hydrogen-bond donors (Lipinski definition) is 1. The quantitative estimate of drug-likeness (QED) is 0.768. The average Bonchev–Trinajstić information content (AvgIpc) is 2.38. The maximum atomic E-state index is 11.6. The van der Waals surface area contributed by atoms with E-state index < -0.39 is 0 Å². The Morgan fingerprint density at radius 3 is 2.68 bits per heavy atom. The maximum Gasteiger partial charge on any atom is 0.341 e. The van der Waals surface area contributed by atoms with Crippen molar-refractivity contribution in [3.05, 3.63) is 17.5 Å². The zero-order chi connectivity index (χ0) is 14.3. The van der Waals surface area contributed by atoms with Gasteiger partial charge in [-0.25, -0.2) is 14.8 Å². The van der Waals surface area contributed by atoms with Crippen LogP contribution in [0.5, 0.6) is 0 Å². The Morgan fingerprint density at radius 2 is 2.16 bits per heavy atom. The van der Waals surface area contributed by atoms with Crippen LogP contribution in [0, 0.1) is 6.92 Å². The second kappa shape index (κ2) is 7.71. The third kappa shape index (κ3) is 4.50. The number of rotatable bonds is 7. The molecule has 1 atom stereocenters. The molecule has 0 saturated carbocycles. The Kier molecular flexibility index (Phi) is 6.25. The fraction of sp³-hybridized carbons (Fsp3) is 0.643. The van der Waals surface area contributed by atoms with Crippen LogP contribution in [-0.2, 0) is 4.74 Å². The molecule has 0 spiro atoms. The number of aromatic nitrogens is 2. The summed E-state index contributed by atoms with van der Waals surface area (Å²) >= 11 is 0. The number of carbonyl (C=O) groups excluding carboxylic acids is 1. The molecule has 1 unspecified atom stereocenters. The zero-order valence-corrected chi connectivity index (χ0v) is 12.2. The van der Waals surface area contributed by atoms with Crippen molar-refractivity contribution < 1.29 is 9.53 Å². The van der Waals surface area contributed by atoms with Crippen LogP contribution in [0.3, 0.4) is 0 Å². The average molecular weight is 265 g/mol. The third-order valence-electron chi connectivity index (χ3n) is 2.94. The van der Waals surface area contributed by atoms with E-state index in [2.05, 4.69) is 29.1 Å². The van der Waals surface area contributed by atoms with Gasteiger partial charge in [0.1, 0.15) is 0 Å². The molecule has 5 heteroatoms. The monoisotopic (exact) mass is 265 g/mol. The summed E-state index contributed by atoms with van der Waals surface area (Å²) in [5.41, 5.74) is 1.07. The van der Waals surface area contributed by atoms with Gasteiger partial charge in [0.2, 0.25) is 5.95 Å². The Hall–Kier alpha value is -1.65. The molecule has 19 heavy (non-hydrogen) atoms. The molecule has 0 amide bonds. The number of hydrogen-bond acceptors (Lipinski definition) is 5. The fourth-order valence-corrected chi connectivity index (χ4v) is 1.86. The highest BCUT2D eigenvalue weighted by Gasteiger charge is 2.13. The lowest BCUT2D eigenvalue weighted by atomic mass is 10.1. The molecular formula is C14H23N3O2. The van der Waals surface area contributed by atoms with Crippen LogP contribution >= 0.6 is 0 Å². The first-order chi connectivity index (χ1) is 9.12. The minimum absolute atomic E-state index is 0.354. The number of anilines is 1. The van der Waals surface area contributed by atoms with Crippen molar-refractivity contribution in [3.63, 3.8) is 0 Å². The largest absolute Gasteiger partial charge is 0.462 e. The number of nitrogens with one attached hydrogen (secondary N) is 1. The molecule has 1 aromatic heterocycles. The standard InChI is InChI=1S/C14H23N3O2/c1-5-8-11(6-2)17-14-15-9-12(10(4)16-14)13(18)19-7-3/h9,11H,5-8H2,1-4H3,(H,15,16,17). The van der Waals surface area contributed by atoms with Gasteiger partial charge in [-0.2, -0.15) is 0 Å². The van der Waals surface area contributed by atoms with Gasteiger partial charge >= 0.3 is 5.97 Å². The van der Waals surface area contributed by atoms with Crippen LogP contribution in [0.15, 0.2) is 6.20 Å². The molecule has 0 aliphatic heterocycles. The third-order valence-corrected chi connectivity index (χ3v) is 2.94. The predicted octanol–water partition coefficient (Wildman–Crippen LogP) is 2.95. The van der Waals surface area contributed by atoms with Crippen LogP contribution in [-0.4, -0.2) is 28.6 Å². The van der Waals surface area contributed by atoms with Crippen molar-refractivity contribution in [1.29, 1.82) is 0 Å². The molecule has 0 bridgehead atoms. The lowest BCUT2D eigenvalue weighted by Crippen LogP contribution is -2.20. The van der Waals surface area contributed by atoms with Gasteiger partial charge in [-0.3, -0.25) is 0 Å². The van der Waals surface area contributed by atoms with Gasteiger partial charge in [0.25, 0.3) is 0 Å². The molecule has 1 aromatic rings. The van der Waals surface area contributed by atoms with Crippen molar-refractivity contribution in [2.24, 2.45) is 0 Å². The topological polar surface area (TPSA) is 64.1 Å². The van der Waals surface area contributed by atoms with Gasteiger partial charge in [-0.1, -0.05) is 20.3 Å². The predicted molar refractivity (Wildman–Crippen MR) is 75.3 cm³/mol. The highest BCUT2D eigenvalue weighted by Crippen LogP contribution is 2.12. The molecule has 0 aliphatic rings. The molecule has 106 valence electrons. The summed E-state index contributed by atoms with van der Waals surface area (Å²) in [6.07, 6.45) is 4.75. The molecule has 0 aliphatic carbocycles. The zero-order valence-electron chi connectivity index (χ0n) is 12.2. The molecule has 1 rings (SSSR count). The van der Waals surface area contributed by atoms with Crippen LogP contribution in [0.4, 0.5) is 5.95 Å². The highest BCUT2D eigenvalue weighted by atomic mass is 16.5. The van der Waals surface area contributed by atoms with Gasteiger partial charge in [0.05, 0.1) is 17.9 Å². The number of nitrogens with zero attached hydrogens (tertiary/aromatic N) is 2. The molecule has 1 heterocycles. The first kappa shape index (κ1) is 15.4. The second-order valence-corrected chi connectivity index (χ2v) is 4.45. The van der Waals surface area contributed by atoms with Gasteiger partial charge in [-0.05, 0) is 26.7 Å². The molecule has 0 saturated heterocycles. The Bertz CT molecular complexity index is 421. The Labute approximate surface area is 114 Å². The molecule has 1 N–H and O–H groups in total. The normalized spacial score (nSPS) is 12.0. The minimum Gasteiger partial charge on any atom is -0.462 e. The molecule has 0 fully saturated rings. The van der Waals surface area contributed by atoms with E-state index in [4.69, 9.17) is 4.74 Å². The molecule has 5 nitrogen and oxygen atoms in total. The van der Waals surface area contributed by atoms with E-state index in [1.54, 1.807) is 13.8 Å². The summed E-state index contributed by atoms with van der Waals surface area (Å²) < 4.78 is 4.95. The summed E-state index contributed by atoms with van der Waals surface area (Å²) in [7, 11) is 0. The summed E-state index contributed by atoms with van der Waals surface area (Å²) in [6.45, 7) is 8.21. The Morgan fingerprint density at radius 1 is 1.42 bits per heavy atom. The van der Waals surface area contributed by atoms with Crippen LogP contribution in [0.25, 0.3) is 0 Å². The number of ether oxygens (including phenoxy) is 1. The smallest absolute Gasteiger partial charge is 0.341 e. The van der Waals surface area contributed by atoms with E-state index in [0.29, 0.717) is 29.9 Å². The molecule has 0 radical (unpaired) electrons. The van der Waals surface area contributed by atoms with Crippen molar-refractivity contribution in [2.45, 2.75) is 53.0 Å². The maximum absolute atomic E-state index is 11.6. The van der Waals surface area contributed by atoms with E-state index in [0.717, 1.165) is 19.3 Å². The van der Waals surface area contributed by atoms with E-state index in [-0.39, 0.29) is 5.97 Å². The van der Waals surface area contributed by atoms with Crippen LogP contribution in [0.2, 0.25) is 0 Å². The summed E-state index contributed by atoms with van der Waals surface area (Å²) in [5.74, 6) is 0.206. The SMILES string of the molecule is CCCC(CC)Nc1ncc(C(=O)OCC)c(C)n1. The van der Waals surface area contributed by atoms with Crippen LogP contribution < -0.4 is 5.32 Å².